The number of carbonyl (C=O) groups excluding carboxylic acids is 1. The van der Waals surface area contributed by atoms with Crippen LogP contribution in [0, 0.1) is 6.92 Å². The number of aryl methyl sites for hydroxylation is 1. The molecule has 156 valence electrons. The molecule has 2 aromatic carbocycles. The molecule has 29 heavy (non-hydrogen) atoms. The zero-order valence-corrected chi connectivity index (χ0v) is 17.1. The normalized spacial score (nSPS) is 16.1. The highest BCUT2D eigenvalue weighted by molar-refractivity contribution is 7.91. The predicted molar refractivity (Wildman–Crippen MR) is 103 cm³/mol. The van der Waals surface area contributed by atoms with Gasteiger partial charge in [0.15, 0.2) is 0 Å². The van der Waals surface area contributed by atoms with E-state index in [1.54, 1.807) is 12.1 Å². The van der Waals surface area contributed by atoms with Crippen LogP contribution in [0.3, 0.4) is 0 Å². The highest BCUT2D eigenvalue weighted by atomic mass is 35.5. The molecule has 0 unspecified atom stereocenters. The van der Waals surface area contributed by atoms with E-state index in [9.17, 15) is 26.4 Å². The summed E-state index contributed by atoms with van der Waals surface area (Å²) in [5.74, 6) is -1.95. The summed E-state index contributed by atoms with van der Waals surface area (Å²) < 4.78 is 63.7. The molecule has 0 bridgehead atoms. The number of piperidine rings is 1. The Morgan fingerprint density at radius 2 is 1.59 bits per heavy atom. The second-order valence-electron chi connectivity index (χ2n) is 7.04. The van der Waals surface area contributed by atoms with Crippen LogP contribution in [-0.2, 0) is 14.6 Å². The van der Waals surface area contributed by atoms with Gasteiger partial charge in [-0.1, -0.05) is 17.7 Å². The molecule has 4 nitrogen and oxygen atoms in total. The average Bonchev–Trinajstić information content (AvgIpc) is 2.67. The van der Waals surface area contributed by atoms with Crippen LogP contribution in [0.4, 0.5) is 13.2 Å². The van der Waals surface area contributed by atoms with Crippen molar-refractivity contribution in [2.75, 3.05) is 13.1 Å². The third kappa shape index (κ3) is 4.59. The molecular weight excluding hydrogens is 427 g/mol. The van der Waals surface area contributed by atoms with E-state index in [1.807, 2.05) is 6.92 Å². The highest BCUT2D eigenvalue weighted by Gasteiger charge is 2.43. The molecule has 1 saturated heterocycles. The lowest BCUT2D eigenvalue weighted by atomic mass is 9.87. The van der Waals surface area contributed by atoms with Crippen LogP contribution in [0.5, 0.6) is 0 Å². The summed E-state index contributed by atoms with van der Waals surface area (Å²) in [5.41, 5.74) is 1.64. The fourth-order valence-corrected chi connectivity index (χ4v) is 4.97. The second-order valence-corrected chi connectivity index (χ2v) is 9.43. The van der Waals surface area contributed by atoms with E-state index >= 15 is 0 Å². The van der Waals surface area contributed by atoms with Crippen molar-refractivity contribution in [2.24, 2.45) is 0 Å². The van der Waals surface area contributed by atoms with Gasteiger partial charge in [-0.3, -0.25) is 4.79 Å². The van der Waals surface area contributed by atoms with E-state index < -0.39 is 21.9 Å². The molecular formula is C20H19ClF3NO3S. The van der Waals surface area contributed by atoms with Gasteiger partial charge in [0.05, 0.1) is 9.79 Å². The molecule has 0 radical (unpaired) electrons. The Balaban J connectivity index is 1.84. The summed E-state index contributed by atoms with van der Waals surface area (Å²) in [6, 6.07) is 10.7. The third-order valence-electron chi connectivity index (χ3n) is 5.15. The van der Waals surface area contributed by atoms with E-state index in [4.69, 9.17) is 11.6 Å². The Kier molecular flexibility index (Phi) is 5.96. The van der Waals surface area contributed by atoms with Crippen LogP contribution in [0.2, 0.25) is 5.02 Å². The molecule has 0 atom stereocenters. The SMILES string of the molecule is Cc1ccc(S(=O)(=O)c2ccc(Cl)cc2)cc1C1CCN(C(=O)C(F)(F)F)CC1. The third-order valence-corrected chi connectivity index (χ3v) is 7.17. The molecule has 1 amide bonds. The van der Waals surface area contributed by atoms with Crippen molar-refractivity contribution in [1.82, 2.24) is 4.90 Å². The highest BCUT2D eigenvalue weighted by Crippen LogP contribution is 2.34. The van der Waals surface area contributed by atoms with Crippen LogP contribution in [0.25, 0.3) is 0 Å². The standard InChI is InChI=1S/C20H19ClF3NO3S/c1-13-2-5-17(29(27,28)16-6-3-15(21)4-7-16)12-18(13)14-8-10-25(11-9-14)19(26)20(22,23)24/h2-7,12,14H,8-11H2,1H3. The molecule has 3 rings (SSSR count). The first-order valence-corrected chi connectivity index (χ1v) is 10.8. The summed E-state index contributed by atoms with van der Waals surface area (Å²) in [4.78, 5) is 12.4. The summed E-state index contributed by atoms with van der Waals surface area (Å²) >= 11 is 5.82. The maximum Gasteiger partial charge on any atom is 0.471 e. The summed E-state index contributed by atoms with van der Waals surface area (Å²) in [7, 11) is -3.75. The van der Waals surface area contributed by atoms with Crippen LogP contribution in [0.15, 0.2) is 52.3 Å². The largest absolute Gasteiger partial charge is 0.471 e. The summed E-state index contributed by atoms with van der Waals surface area (Å²) in [6.45, 7) is 1.80. The second kappa shape index (κ2) is 7.99. The minimum Gasteiger partial charge on any atom is -0.335 e. The van der Waals surface area contributed by atoms with E-state index in [1.165, 1.54) is 30.3 Å². The van der Waals surface area contributed by atoms with Crippen molar-refractivity contribution >= 4 is 27.3 Å². The monoisotopic (exact) mass is 445 g/mol. The minimum absolute atomic E-state index is 0.0173. The lowest BCUT2D eigenvalue weighted by molar-refractivity contribution is -0.186. The Labute approximate surface area is 172 Å². The number of sulfone groups is 1. The van der Waals surface area contributed by atoms with Gasteiger partial charge in [0.2, 0.25) is 9.84 Å². The number of nitrogens with zero attached hydrogens (tertiary/aromatic N) is 1. The van der Waals surface area contributed by atoms with Crippen LogP contribution in [-0.4, -0.2) is 38.5 Å². The number of hydrogen-bond acceptors (Lipinski definition) is 3. The van der Waals surface area contributed by atoms with Crippen LogP contribution < -0.4 is 0 Å². The van der Waals surface area contributed by atoms with Gasteiger partial charge >= 0.3 is 12.1 Å². The van der Waals surface area contributed by atoms with Crippen LogP contribution in [0.1, 0.15) is 29.9 Å². The van der Waals surface area contributed by atoms with Crippen LogP contribution >= 0.6 is 11.6 Å². The summed E-state index contributed by atoms with van der Waals surface area (Å²) in [6.07, 6.45) is -4.20. The van der Waals surface area contributed by atoms with Gasteiger partial charge in [-0.15, -0.1) is 0 Å². The number of alkyl halides is 3. The zero-order chi connectivity index (χ0) is 21.4. The molecule has 1 fully saturated rings. The number of rotatable bonds is 3. The average molecular weight is 446 g/mol. The number of benzene rings is 2. The molecule has 1 heterocycles. The Morgan fingerprint density at radius 3 is 2.14 bits per heavy atom. The molecule has 9 heteroatoms. The lowest BCUT2D eigenvalue weighted by Gasteiger charge is -2.33. The van der Waals surface area contributed by atoms with Crippen molar-refractivity contribution in [2.45, 2.75) is 41.7 Å². The molecule has 0 spiro atoms. The van der Waals surface area contributed by atoms with Crippen molar-refractivity contribution in [1.29, 1.82) is 0 Å². The van der Waals surface area contributed by atoms with Crippen molar-refractivity contribution in [3.63, 3.8) is 0 Å². The molecule has 1 aliphatic heterocycles. The van der Waals surface area contributed by atoms with E-state index in [0.717, 1.165) is 16.0 Å². The van der Waals surface area contributed by atoms with Gasteiger partial charge in [0.1, 0.15) is 0 Å². The Morgan fingerprint density at radius 1 is 1.03 bits per heavy atom. The first-order valence-electron chi connectivity index (χ1n) is 8.97. The molecule has 2 aromatic rings. The van der Waals surface area contributed by atoms with Gasteiger partial charge in [-0.25, -0.2) is 8.42 Å². The zero-order valence-electron chi connectivity index (χ0n) is 15.5. The molecule has 1 aliphatic rings. The number of halogens is 4. The Hall–Kier alpha value is -2.06. The number of carbonyl (C=O) groups is 1. The fourth-order valence-electron chi connectivity index (χ4n) is 3.55. The maximum atomic E-state index is 12.9. The minimum atomic E-state index is -4.88. The van der Waals surface area contributed by atoms with Crippen molar-refractivity contribution < 1.29 is 26.4 Å². The Bertz CT molecular complexity index is 1010. The van der Waals surface area contributed by atoms with Crippen molar-refractivity contribution in [3.8, 4) is 0 Å². The smallest absolute Gasteiger partial charge is 0.335 e. The molecule has 0 N–H and O–H groups in total. The maximum absolute atomic E-state index is 12.9. The summed E-state index contributed by atoms with van der Waals surface area (Å²) in [5, 5.41) is 0.425. The fraction of sp³-hybridized carbons (Fsp3) is 0.350. The number of hydrogen-bond donors (Lipinski definition) is 0. The number of amides is 1. The quantitative estimate of drug-likeness (QED) is 0.685. The number of likely N-dealkylation sites (tertiary alicyclic amines) is 1. The topological polar surface area (TPSA) is 54.5 Å². The first-order chi connectivity index (χ1) is 13.5. The first kappa shape index (κ1) is 21.6. The molecule has 0 aliphatic carbocycles. The van der Waals surface area contributed by atoms with E-state index in [2.05, 4.69) is 0 Å². The van der Waals surface area contributed by atoms with Gasteiger partial charge in [0, 0.05) is 18.1 Å². The predicted octanol–water partition coefficient (Wildman–Crippen LogP) is 4.75. The van der Waals surface area contributed by atoms with Gasteiger partial charge in [0.25, 0.3) is 0 Å². The molecule has 0 saturated carbocycles. The van der Waals surface area contributed by atoms with Crippen molar-refractivity contribution in [3.05, 3.63) is 58.6 Å². The molecule has 0 aromatic heterocycles. The van der Waals surface area contributed by atoms with Gasteiger partial charge in [-0.2, -0.15) is 13.2 Å². The van der Waals surface area contributed by atoms with E-state index in [0.29, 0.717) is 17.9 Å². The lowest BCUT2D eigenvalue weighted by Crippen LogP contribution is -2.45. The van der Waals surface area contributed by atoms with Gasteiger partial charge in [-0.05, 0) is 73.2 Å². The van der Waals surface area contributed by atoms with E-state index in [-0.39, 0.29) is 28.8 Å². The van der Waals surface area contributed by atoms with Gasteiger partial charge < -0.3 is 4.90 Å².